The van der Waals surface area contributed by atoms with E-state index in [1.807, 2.05) is 49.4 Å². The molecule has 2 aromatic carbocycles. The second kappa shape index (κ2) is 6.88. The molecule has 0 aliphatic heterocycles. The SMILES string of the molecule is CCOc1cc(C=c2sc3nc4ccccc4n3c2=O)cc(I)c1OC. The lowest BCUT2D eigenvalue weighted by Crippen LogP contribution is -2.22. The van der Waals surface area contributed by atoms with Crippen LogP contribution in [0.4, 0.5) is 0 Å². The number of nitrogens with zero attached hydrogens (tertiary/aromatic N) is 2. The largest absolute Gasteiger partial charge is 0.492 e. The summed E-state index contributed by atoms with van der Waals surface area (Å²) in [6.45, 7) is 2.47. The first-order chi connectivity index (χ1) is 12.6. The Morgan fingerprint density at radius 1 is 1.31 bits per heavy atom. The summed E-state index contributed by atoms with van der Waals surface area (Å²) in [6.07, 6.45) is 1.88. The number of ether oxygens (including phenoxy) is 2. The minimum Gasteiger partial charge on any atom is -0.492 e. The van der Waals surface area contributed by atoms with Gasteiger partial charge < -0.3 is 9.47 Å². The van der Waals surface area contributed by atoms with E-state index in [2.05, 4.69) is 27.6 Å². The molecule has 0 bridgehead atoms. The van der Waals surface area contributed by atoms with Crippen LogP contribution in [0.15, 0.2) is 41.2 Å². The van der Waals surface area contributed by atoms with E-state index in [0.717, 1.165) is 20.2 Å². The van der Waals surface area contributed by atoms with Crippen molar-refractivity contribution in [2.45, 2.75) is 6.92 Å². The quantitative estimate of drug-likeness (QED) is 0.422. The van der Waals surface area contributed by atoms with E-state index >= 15 is 0 Å². The number of imidazole rings is 1. The van der Waals surface area contributed by atoms with Gasteiger partial charge in [-0.3, -0.25) is 4.79 Å². The Balaban J connectivity index is 1.91. The molecule has 0 aliphatic carbocycles. The Morgan fingerprint density at radius 2 is 2.12 bits per heavy atom. The first-order valence-corrected chi connectivity index (χ1v) is 9.94. The fourth-order valence-electron chi connectivity index (χ4n) is 2.90. The number of rotatable bonds is 4. The van der Waals surface area contributed by atoms with Crippen molar-refractivity contribution < 1.29 is 9.47 Å². The summed E-state index contributed by atoms with van der Waals surface area (Å²) in [5, 5.41) is 0. The molecule has 7 heteroatoms. The summed E-state index contributed by atoms with van der Waals surface area (Å²) < 4.78 is 14.3. The topological polar surface area (TPSA) is 52.8 Å². The van der Waals surface area contributed by atoms with E-state index in [9.17, 15) is 4.79 Å². The molecule has 4 aromatic rings. The van der Waals surface area contributed by atoms with Crippen LogP contribution in [-0.2, 0) is 0 Å². The van der Waals surface area contributed by atoms with Crippen LogP contribution < -0.4 is 19.6 Å². The van der Waals surface area contributed by atoms with Gasteiger partial charge in [0.15, 0.2) is 16.5 Å². The van der Waals surface area contributed by atoms with Gasteiger partial charge in [0.05, 0.1) is 32.9 Å². The number of aromatic nitrogens is 2. The zero-order valence-corrected chi connectivity index (χ0v) is 17.1. The third-order valence-electron chi connectivity index (χ3n) is 3.98. The van der Waals surface area contributed by atoms with E-state index in [4.69, 9.17) is 9.47 Å². The lowest BCUT2D eigenvalue weighted by Gasteiger charge is -2.11. The summed E-state index contributed by atoms with van der Waals surface area (Å²) >= 11 is 3.60. The van der Waals surface area contributed by atoms with Gasteiger partial charge in [-0.15, -0.1) is 0 Å². The molecule has 0 unspecified atom stereocenters. The van der Waals surface area contributed by atoms with Crippen molar-refractivity contribution in [2.24, 2.45) is 0 Å². The van der Waals surface area contributed by atoms with E-state index < -0.39 is 0 Å². The van der Waals surface area contributed by atoms with E-state index in [0.29, 0.717) is 27.6 Å². The van der Waals surface area contributed by atoms with Crippen molar-refractivity contribution in [1.29, 1.82) is 0 Å². The molecule has 0 atom stereocenters. The third-order valence-corrected chi connectivity index (χ3v) is 5.75. The summed E-state index contributed by atoms with van der Waals surface area (Å²) in [6, 6.07) is 11.5. The molecule has 0 aliphatic rings. The molecular formula is C19H15IN2O3S. The summed E-state index contributed by atoms with van der Waals surface area (Å²) in [5.74, 6) is 1.38. The fourth-order valence-corrected chi connectivity index (χ4v) is 4.73. The third kappa shape index (κ3) is 2.84. The second-order valence-corrected chi connectivity index (χ2v) is 7.77. The zero-order valence-electron chi connectivity index (χ0n) is 14.2. The Kier molecular flexibility index (Phi) is 4.58. The van der Waals surface area contributed by atoms with Crippen molar-refractivity contribution >= 4 is 56.0 Å². The van der Waals surface area contributed by atoms with Crippen LogP contribution in [-0.4, -0.2) is 23.1 Å². The number of methoxy groups -OCH3 is 1. The highest BCUT2D eigenvalue weighted by molar-refractivity contribution is 14.1. The first-order valence-electron chi connectivity index (χ1n) is 8.04. The summed E-state index contributed by atoms with van der Waals surface area (Å²) in [4.78, 5) is 18.1. The smallest absolute Gasteiger partial charge is 0.274 e. The molecule has 2 aromatic heterocycles. The van der Waals surface area contributed by atoms with Gasteiger partial charge in [0.1, 0.15) is 0 Å². The van der Waals surface area contributed by atoms with Crippen molar-refractivity contribution in [1.82, 2.24) is 9.38 Å². The van der Waals surface area contributed by atoms with Gasteiger partial charge >= 0.3 is 0 Å². The molecule has 0 saturated carbocycles. The maximum atomic E-state index is 12.9. The number of benzene rings is 2. The predicted octanol–water partition coefficient (Wildman–Crippen LogP) is 3.47. The molecule has 4 rings (SSSR count). The minimum absolute atomic E-state index is 0.0533. The van der Waals surface area contributed by atoms with Crippen LogP contribution in [0.1, 0.15) is 12.5 Å². The Morgan fingerprint density at radius 3 is 2.88 bits per heavy atom. The second-order valence-electron chi connectivity index (χ2n) is 5.60. The first kappa shape index (κ1) is 17.3. The Labute approximate surface area is 167 Å². The van der Waals surface area contributed by atoms with Crippen molar-refractivity contribution in [3.63, 3.8) is 0 Å². The van der Waals surface area contributed by atoms with Crippen LogP contribution in [0.25, 0.3) is 22.1 Å². The molecular weight excluding hydrogens is 463 g/mol. The van der Waals surface area contributed by atoms with Crippen molar-refractivity contribution in [3.05, 3.63) is 60.4 Å². The molecule has 0 radical (unpaired) electrons. The summed E-state index contributed by atoms with van der Waals surface area (Å²) in [7, 11) is 1.62. The lowest BCUT2D eigenvalue weighted by molar-refractivity contribution is 0.309. The van der Waals surface area contributed by atoms with Crippen LogP contribution >= 0.6 is 33.9 Å². The molecule has 132 valence electrons. The average molecular weight is 478 g/mol. The van der Waals surface area contributed by atoms with E-state index in [1.54, 1.807) is 11.5 Å². The number of para-hydroxylation sites is 2. The molecule has 0 amide bonds. The Hall–Kier alpha value is -2.13. The van der Waals surface area contributed by atoms with Crippen LogP contribution in [0.3, 0.4) is 0 Å². The monoisotopic (exact) mass is 478 g/mol. The highest BCUT2D eigenvalue weighted by Gasteiger charge is 2.13. The maximum absolute atomic E-state index is 12.9. The van der Waals surface area contributed by atoms with E-state index in [-0.39, 0.29) is 5.56 Å². The minimum atomic E-state index is -0.0533. The maximum Gasteiger partial charge on any atom is 0.274 e. The van der Waals surface area contributed by atoms with Gasteiger partial charge in [-0.25, -0.2) is 9.38 Å². The lowest BCUT2D eigenvalue weighted by atomic mass is 10.2. The molecule has 2 heterocycles. The van der Waals surface area contributed by atoms with Crippen LogP contribution in [0.2, 0.25) is 0 Å². The highest BCUT2D eigenvalue weighted by atomic mass is 127. The molecule has 26 heavy (non-hydrogen) atoms. The van der Waals surface area contributed by atoms with Gasteiger partial charge in [0, 0.05) is 0 Å². The Bertz CT molecular complexity index is 1230. The highest BCUT2D eigenvalue weighted by Crippen LogP contribution is 2.34. The van der Waals surface area contributed by atoms with Crippen molar-refractivity contribution in [3.8, 4) is 11.5 Å². The molecule has 0 spiro atoms. The van der Waals surface area contributed by atoms with Crippen molar-refractivity contribution in [2.75, 3.05) is 13.7 Å². The van der Waals surface area contributed by atoms with Gasteiger partial charge in [-0.1, -0.05) is 23.5 Å². The van der Waals surface area contributed by atoms with E-state index in [1.165, 1.54) is 11.3 Å². The zero-order chi connectivity index (χ0) is 18.3. The van der Waals surface area contributed by atoms with Crippen LogP contribution in [0.5, 0.6) is 11.5 Å². The number of hydrogen-bond acceptors (Lipinski definition) is 5. The predicted molar refractivity (Wildman–Crippen MR) is 113 cm³/mol. The van der Waals surface area contributed by atoms with Gasteiger partial charge in [0.2, 0.25) is 0 Å². The number of halogens is 1. The van der Waals surface area contributed by atoms with Gasteiger partial charge in [-0.2, -0.15) is 0 Å². The number of hydrogen-bond donors (Lipinski definition) is 0. The fraction of sp³-hybridized carbons (Fsp3) is 0.158. The summed E-state index contributed by atoms with van der Waals surface area (Å²) in [5.41, 5.74) is 2.51. The van der Waals surface area contributed by atoms with Gasteiger partial charge in [0.25, 0.3) is 5.56 Å². The van der Waals surface area contributed by atoms with Crippen LogP contribution in [0, 0.1) is 3.57 Å². The number of fused-ring (bicyclic) bond motifs is 3. The van der Waals surface area contributed by atoms with Gasteiger partial charge in [-0.05, 0) is 65.4 Å². The normalized spacial score (nSPS) is 12.2. The average Bonchev–Trinajstić information content (AvgIpc) is 3.12. The standard InChI is InChI=1S/C19H15IN2O3S/c1-3-25-15-9-11(8-12(20)17(15)24-2)10-16-18(23)22-14-7-5-4-6-13(14)21-19(22)26-16/h4-10H,3H2,1-2H3. The molecule has 5 nitrogen and oxygen atoms in total. The molecule has 0 N–H and O–H groups in total. The number of thiazole rings is 1. The molecule has 0 saturated heterocycles. The molecule has 0 fully saturated rings.